The van der Waals surface area contributed by atoms with Gasteiger partial charge in [0.2, 0.25) is 0 Å². The lowest BCUT2D eigenvalue weighted by Crippen LogP contribution is -2.45. The molecule has 0 radical (unpaired) electrons. The maximum absolute atomic E-state index is 10.2. The molecule has 0 bridgehead atoms. The SMILES string of the molecule is CC(C)(S)[C@H](N)C(=O)O.N[C@@H](CS)C(=O)O. The van der Waals surface area contributed by atoms with Gasteiger partial charge in [0.1, 0.15) is 12.1 Å². The monoisotopic (exact) mass is 270 g/mol. The number of aliphatic carboxylic acids is 2. The van der Waals surface area contributed by atoms with Gasteiger partial charge in [-0.25, -0.2) is 0 Å². The summed E-state index contributed by atoms with van der Waals surface area (Å²) in [6, 6.07) is -1.72. The summed E-state index contributed by atoms with van der Waals surface area (Å²) in [5.74, 6) is -1.83. The van der Waals surface area contributed by atoms with Gasteiger partial charge in [0.25, 0.3) is 0 Å². The molecule has 0 saturated carbocycles. The number of carboxylic acid groups (broad SMARTS) is 2. The van der Waals surface area contributed by atoms with E-state index < -0.39 is 28.8 Å². The molecule has 0 aromatic heterocycles. The minimum Gasteiger partial charge on any atom is -0.480 e. The molecular weight excluding hydrogens is 252 g/mol. The topological polar surface area (TPSA) is 127 Å². The Kier molecular flexibility index (Phi) is 8.71. The number of rotatable bonds is 4. The van der Waals surface area contributed by atoms with Crippen LogP contribution in [0.3, 0.4) is 0 Å². The van der Waals surface area contributed by atoms with E-state index >= 15 is 0 Å². The van der Waals surface area contributed by atoms with Crippen molar-refractivity contribution in [1.82, 2.24) is 0 Å². The highest BCUT2D eigenvalue weighted by Gasteiger charge is 2.27. The van der Waals surface area contributed by atoms with Gasteiger partial charge in [-0.2, -0.15) is 25.3 Å². The van der Waals surface area contributed by atoms with E-state index in [0.717, 1.165) is 0 Å². The summed E-state index contributed by atoms with van der Waals surface area (Å²) < 4.78 is -0.647. The van der Waals surface area contributed by atoms with Crippen molar-refractivity contribution < 1.29 is 19.8 Å². The Morgan fingerprint density at radius 2 is 1.62 bits per heavy atom. The molecule has 0 rings (SSSR count). The Labute approximate surface area is 105 Å². The van der Waals surface area contributed by atoms with Gasteiger partial charge in [-0.15, -0.1) is 0 Å². The highest BCUT2D eigenvalue weighted by atomic mass is 32.1. The standard InChI is InChI=1S/C5H11NO2S.C3H7NO2S/c1-5(2,9)3(6)4(7)8;4-2(1-7)3(5)6/h3,9H,6H2,1-2H3,(H,7,8);2,7H,1,4H2,(H,5,6)/t3-;2-/m10/s1. The highest BCUT2D eigenvalue weighted by Crippen LogP contribution is 2.15. The molecule has 0 aliphatic carbocycles. The number of thiol groups is 2. The number of carbonyl (C=O) groups is 2. The van der Waals surface area contributed by atoms with Gasteiger partial charge in [0, 0.05) is 10.5 Å². The first-order chi connectivity index (χ1) is 7.03. The fourth-order valence-electron chi connectivity index (χ4n) is 0.380. The molecule has 0 heterocycles. The molecule has 0 aromatic rings. The Morgan fingerprint density at radius 3 is 1.62 bits per heavy atom. The van der Waals surface area contributed by atoms with Crippen LogP contribution >= 0.6 is 25.3 Å². The predicted octanol–water partition coefficient (Wildman–Crippen LogP) is -0.565. The maximum atomic E-state index is 10.2. The minimum atomic E-state index is -1.02. The molecule has 16 heavy (non-hydrogen) atoms. The van der Waals surface area contributed by atoms with Crippen LogP contribution in [-0.2, 0) is 9.59 Å². The van der Waals surface area contributed by atoms with Gasteiger partial charge in [0.15, 0.2) is 0 Å². The summed E-state index contributed by atoms with van der Waals surface area (Å²) in [7, 11) is 0. The zero-order chi connectivity index (χ0) is 13.5. The van der Waals surface area contributed by atoms with Crippen molar-refractivity contribution in [3.05, 3.63) is 0 Å². The van der Waals surface area contributed by atoms with Gasteiger partial charge in [-0.05, 0) is 13.8 Å². The normalized spacial score (nSPS) is 14.4. The fourth-order valence-corrected chi connectivity index (χ4v) is 0.647. The van der Waals surface area contributed by atoms with Crippen LogP contribution in [0.1, 0.15) is 13.8 Å². The van der Waals surface area contributed by atoms with E-state index in [-0.39, 0.29) is 5.75 Å². The van der Waals surface area contributed by atoms with Gasteiger partial charge in [0.05, 0.1) is 0 Å². The van der Waals surface area contributed by atoms with Crippen LogP contribution < -0.4 is 11.5 Å². The van der Waals surface area contributed by atoms with Crippen LogP contribution in [0.15, 0.2) is 0 Å². The lowest BCUT2D eigenvalue weighted by Gasteiger charge is -2.21. The summed E-state index contributed by atoms with van der Waals surface area (Å²) in [6.45, 7) is 3.32. The molecule has 96 valence electrons. The number of hydrogen-bond donors (Lipinski definition) is 6. The maximum Gasteiger partial charge on any atom is 0.321 e. The summed E-state index contributed by atoms with van der Waals surface area (Å²) in [6.07, 6.45) is 0. The van der Waals surface area contributed by atoms with Crippen molar-refractivity contribution >= 4 is 37.2 Å². The molecule has 2 atom stereocenters. The second-order valence-electron chi connectivity index (χ2n) is 3.60. The van der Waals surface area contributed by atoms with Crippen molar-refractivity contribution in [3.8, 4) is 0 Å². The second-order valence-corrected chi connectivity index (χ2v) is 5.11. The minimum absolute atomic E-state index is 0.190. The highest BCUT2D eigenvalue weighted by molar-refractivity contribution is 7.81. The lowest BCUT2D eigenvalue weighted by molar-refractivity contribution is -0.139. The molecule has 8 heteroatoms. The first kappa shape index (κ1) is 17.9. The van der Waals surface area contributed by atoms with Crippen molar-refractivity contribution in [3.63, 3.8) is 0 Å². The van der Waals surface area contributed by atoms with Crippen LogP contribution in [0.4, 0.5) is 0 Å². The molecular formula is C8H18N2O4S2. The molecule has 0 spiro atoms. The van der Waals surface area contributed by atoms with Crippen molar-refractivity contribution in [2.24, 2.45) is 11.5 Å². The van der Waals surface area contributed by atoms with Gasteiger partial charge >= 0.3 is 11.9 Å². The quantitative estimate of drug-likeness (QED) is 0.380. The van der Waals surface area contributed by atoms with E-state index in [4.69, 9.17) is 21.7 Å². The van der Waals surface area contributed by atoms with Crippen molar-refractivity contribution in [2.75, 3.05) is 5.75 Å². The van der Waals surface area contributed by atoms with E-state index in [9.17, 15) is 9.59 Å². The van der Waals surface area contributed by atoms with Crippen LogP contribution in [-0.4, -0.2) is 44.7 Å². The van der Waals surface area contributed by atoms with Crippen molar-refractivity contribution in [2.45, 2.75) is 30.7 Å². The van der Waals surface area contributed by atoms with Crippen LogP contribution in [0, 0.1) is 0 Å². The van der Waals surface area contributed by atoms with E-state index in [1.54, 1.807) is 13.8 Å². The second kappa shape index (κ2) is 7.77. The van der Waals surface area contributed by atoms with Gasteiger partial charge in [-0.3, -0.25) is 9.59 Å². The number of nitrogens with two attached hydrogens (primary N) is 2. The van der Waals surface area contributed by atoms with E-state index in [0.29, 0.717) is 0 Å². The molecule has 0 fully saturated rings. The Morgan fingerprint density at radius 1 is 1.25 bits per heavy atom. The zero-order valence-corrected chi connectivity index (χ0v) is 10.9. The molecule has 0 aromatic carbocycles. The third-order valence-corrected chi connectivity index (χ3v) is 2.21. The lowest BCUT2D eigenvalue weighted by atomic mass is 10.1. The van der Waals surface area contributed by atoms with Crippen LogP contribution in [0.25, 0.3) is 0 Å². The predicted molar refractivity (Wildman–Crippen MR) is 68.1 cm³/mol. The summed E-state index contributed by atoms with van der Waals surface area (Å²) in [4.78, 5) is 19.9. The number of hydrogen-bond acceptors (Lipinski definition) is 6. The molecule has 0 aliphatic heterocycles. The Balaban J connectivity index is 0. The summed E-state index contributed by atoms with van der Waals surface area (Å²) in [5, 5.41) is 16.4. The summed E-state index contributed by atoms with van der Waals surface area (Å²) in [5.41, 5.74) is 10.2. The first-order valence-corrected chi connectivity index (χ1v) is 5.42. The molecule has 0 unspecified atom stereocenters. The Hall–Kier alpha value is -0.440. The summed E-state index contributed by atoms with van der Waals surface area (Å²) >= 11 is 7.63. The van der Waals surface area contributed by atoms with E-state index in [2.05, 4.69) is 25.3 Å². The third-order valence-electron chi connectivity index (χ3n) is 1.54. The van der Waals surface area contributed by atoms with Crippen molar-refractivity contribution in [1.29, 1.82) is 0 Å². The van der Waals surface area contributed by atoms with E-state index in [1.165, 1.54) is 0 Å². The molecule has 0 saturated heterocycles. The van der Waals surface area contributed by atoms with E-state index in [1.807, 2.05) is 0 Å². The average molecular weight is 270 g/mol. The largest absolute Gasteiger partial charge is 0.480 e. The van der Waals surface area contributed by atoms with Gasteiger partial charge < -0.3 is 21.7 Å². The molecule has 0 amide bonds. The third kappa shape index (κ3) is 8.84. The molecule has 6 nitrogen and oxygen atoms in total. The Bertz CT molecular complexity index is 243. The number of carboxylic acids is 2. The van der Waals surface area contributed by atoms with Crippen LogP contribution in [0.2, 0.25) is 0 Å². The molecule has 0 aliphatic rings. The average Bonchev–Trinajstić information content (AvgIpc) is 2.14. The smallest absolute Gasteiger partial charge is 0.321 e. The first-order valence-electron chi connectivity index (χ1n) is 4.34. The fraction of sp³-hybridized carbons (Fsp3) is 0.750. The molecule has 6 N–H and O–H groups in total. The van der Waals surface area contributed by atoms with Crippen LogP contribution in [0.5, 0.6) is 0 Å². The van der Waals surface area contributed by atoms with Gasteiger partial charge in [-0.1, -0.05) is 0 Å². The zero-order valence-electron chi connectivity index (χ0n) is 9.12.